The summed E-state index contributed by atoms with van der Waals surface area (Å²) in [4.78, 5) is 11.0. The second-order valence-corrected chi connectivity index (χ2v) is 5.93. The maximum Gasteiger partial charge on any atom is 0.233 e. The third-order valence-electron chi connectivity index (χ3n) is 3.24. The fourth-order valence-corrected chi connectivity index (χ4v) is 2.34. The zero-order chi connectivity index (χ0) is 16.8. The van der Waals surface area contributed by atoms with Gasteiger partial charge in [0.1, 0.15) is 0 Å². The molecule has 1 heterocycles. The maximum atomic E-state index is 11.0. The predicted molar refractivity (Wildman–Crippen MR) is 90.2 cm³/mol. The van der Waals surface area contributed by atoms with Crippen molar-refractivity contribution in [3.63, 3.8) is 0 Å². The smallest absolute Gasteiger partial charge is 0.233 e. The molecule has 0 saturated heterocycles. The van der Waals surface area contributed by atoms with Crippen LogP contribution in [-0.4, -0.2) is 28.3 Å². The number of amides is 1. The van der Waals surface area contributed by atoms with Crippen LogP contribution in [0.25, 0.3) is 11.3 Å². The van der Waals surface area contributed by atoms with E-state index in [1.165, 1.54) is 12.5 Å². The molecule has 5 nitrogen and oxygen atoms in total. The zero-order valence-corrected chi connectivity index (χ0v) is 14.0. The second kappa shape index (κ2) is 7.72. The van der Waals surface area contributed by atoms with E-state index >= 15 is 0 Å². The zero-order valence-electron chi connectivity index (χ0n) is 14.0. The summed E-state index contributed by atoms with van der Waals surface area (Å²) in [5.74, 6) is 0.526. The summed E-state index contributed by atoms with van der Waals surface area (Å²) in [6, 6.07) is 12.0. The standard InChI is InChI=1S/C18H23N3O2/c1-12(2)23-18-10-9-17(20-21-18)16-7-5-15(6-8-16)11-13(3)19-14(4)22/h5-10,12-13H,11H2,1-4H3,(H,19,22). The molecule has 23 heavy (non-hydrogen) atoms. The van der Waals surface area contributed by atoms with Gasteiger partial charge < -0.3 is 10.1 Å². The first-order valence-electron chi connectivity index (χ1n) is 7.81. The largest absolute Gasteiger partial charge is 0.474 e. The Bertz CT molecular complexity index is 636. The third-order valence-corrected chi connectivity index (χ3v) is 3.24. The van der Waals surface area contributed by atoms with Gasteiger partial charge in [-0.25, -0.2) is 0 Å². The second-order valence-electron chi connectivity index (χ2n) is 5.93. The van der Waals surface area contributed by atoms with Crippen LogP contribution in [0.5, 0.6) is 5.88 Å². The molecule has 0 aliphatic carbocycles. The Morgan fingerprint density at radius 3 is 2.30 bits per heavy atom. The van der Waals surface area contributed by atoms with Gasteiger partial charge in [0.15, 0.2) is 0 Å². The van der Waals surface area contributed by atoms with Crippen molar-refractivity contribution < 1.29 is 9.53 Å². The van der Waals surface area contributed by atoms with Gasteiger partial charge in [-0.1, -0.05) is 24.3 Å². The van der Waals surface area contributed by atoms with Crippen molar-refractivity contribution in [1.82, 2.24) is 15.5 Å². The molecule has 0 spiro atoms. The van der Waals surface area contributed by atoms with Gasteiger partial charge in [0.2, 0.25) is 11.8 Å². The molecule has 1 atom stereocenters. The highest BCUT2D eigenvalue weighted by Gasteiger charge is 2.06. The molecule has 1 aromatic heterocycles. The van der Waals surface area contributed by atoms with Crippen LogP contribution >= 0.6 is 0 Å². The molecule has 122 valence electrons. The minimum atomic E-state index is -0.00639. The lowest BCUT2D eigenvalue weighted by Crippen LogP contribution is -2.31. The molecule has 0 fully saturated rings. The highest BCUT2D eigenvalue weighted by Crippen LogP contribution is 2.19. The Labute approximate surface area is 137 Å². The number of carbonyl (C=O) groups is 1. The number of carbonyl (C=O) groups excluding carboxylic acids is 1. The number of aromatic nitrogens is 2. The molecular weight excluding hydrogens is 290 g/mol. The highest BCUT2D eigenvalue weighted by molar-refractivity contribution is 5.73. The summed E-state index contributed by atoms with van der Waals surface area (Å²) in [7, 11) is 0. The van der Waals surface area contributed by atoms with E-state index < -0.39 is 0 Å². The molecule has 0 bridgehead atoms. The monoisotopic (exact) mass is 313 g/mol. The Morgan fingerprint density at radius 1 is 1.09 bits per heavy atom. The van der Waals surface area contributed by atoms with Crippen LogP contribution in [0.15, 0.2) is 36.4 Å². The number of benzene rings is 1. The lowest BCUT2D eigenvalue weighted by molar-refractivity contribution is -0.119. The van der Waals surface area contributed by atoms with Gasteiger partial charge >= 0.3 is 0 Å². The van der Waals surface area contributed by atoms with E-state index in [0.29, 0.717) is 5.88 Å². The lowest BCUT2D eigenvalue weighted by Gasteiger charge is -2.12. The van der Waals surface area contributed by atoms with E-state index in [1.807, 2.05) is 57.2 Å². The Morgan fingerprint density at radius 2 is 1.78 bits per heavy atom. The summed E-state index contributed by atoms with van der Waals surface area (Å²) in [6.07, 6.45) is 0.882. The number of nitrogens with one attached hydrogen (secondary N) is 1. The Balaban J connectivity index is 2.03. The fraction of sp³-hybridized carbons (Fsp3) is 0.389. The molecule has 5 heteroatoms. The normalized spacial score (nSPS) is 12.0. The minimum absolute atomic E-state index is 0.00639. The topological polar surface area (TPSA) is 64.1 Å². The van der Waals surface area contributed by atoms with E-state index in [2.05, 4.69) is 15.5 Å². The number of hydrogen-bond acceptors (Lipinski definition) is 4. The summed E-state index contributed by atoms with van der Waals surface area (Å²) in [5, 5.41) is 11.2. The first-order chi connectivity index (χ1) is 10.9. The van der Waals surface area contributed by atoms with Gasteiger partial charge in [0.25, 0.3) is 0 Å². The minimum Gasteiger partial charge on any atom is -0.474 e. The molecule has 0 radical (unpaired) electrons. The predicted octanol–water partition coefficient (Wildman–Crippen LogP) is 3.00. The molecule has 2 rings (SSSR count). The van der Waals surface area contributed by atoms with E-state index in [9.17, 15) is 4.79 Å². The first kappa shape index (κ1) is 16.9. The molecule has 0 saturated carbocycles. The SMILES string of the molecule is CC(=O)NC(C)Cc1ccc(-c2ccc(OC(C)C)nn2)cc1. The van der Waals surface area contributed by atoms with Crippen LogP contribution in [0.1, 0.15) is 33.3 Å². The molecule has 1 aromatic carbocycles. The van der Waals surface area contributed by atoms with Gasteiger partial charge in [0.05, 0.1) is 11.8 Å². The van der Waals surface area contributed by atoms with Crippen LogP contribution in [0.3, 0.4) is 0 Å². The van der Waals surface area contributed by atoms with Crippen LogP contribution < -0.4 is 10.1 Å². The summed E-state index contributed by atoms with van der Waals surface area (Å²) < 4.78 is 5.49. The molecule has 1 N–H and O–H groups in total. The number of ether oxygens (including phenoxy) is 1. The average Bonchev–Trinajstić information content (AvgIpc) is 2.47. The van der Waals surface area contributed by atoms with Gasteiger partial charge in [-0.15, -0.1) is 10.2 Å². The van der Waals surface area contributed by atoms with Crippen molar-refractivity contribution in [2.75, 3.05) is 0 Å². The highest BCUT2D eigenvalue weighted by atomic mass is 16.5. The van der Waals surface area contributed by atoms with Crippen molar-refractivity contribution in [2.24, 2.45) is 0 Å². The Kier molecular flexibility index (Phi) is 5.68. The summed E-state index contributed by atoms with van der Waals surface area (Å²) in [6.45, 7) is 7.44. The molecule has 1 amide bonds. The van der Waals surface area contributed by atoms with E-state index in [0.717, 1.165) is 17.7 Å². The summed E-state index contributed by atoms with van der Waals surface area (Å²) >= 11 is 0. The molecule has 0 aliphatic rings. The first-order valence-corrected chi connectivity index (χ1v) is 7.81. The molecular formula is C18H23N3O2. The van der Waals surface area contributed by atoms with E-state index in [-0.39, 0.29) is 18.1 Å². The van der Waals surface area contributed by atoms with E-state index in [1.54, 1.807) is 0 Å². The van der Waals surface area contributed by atoms with Gasteiger partial charge in [-0.3, -0.25) is 4.79 Å². The van der Waals surface area contributed by atoms with E-state index in [4.69, 9.17) is 4.74 Å². The summed E-state index contributed by atoms with van der Waals surface area (Å²) in [5.41, 5.74) is 2.98. The Hall–Kier alpha value is -2.43. The van der Waals surface area contributed by atoms with Crippen LogP contribution in [0.4, 0.5) is 0 Å². The number of rotatable bonds is 6. The van der Waals surface area contributed by atoms with Crippen molar-refractivity contribution in [1.29, 1.82) is 0 Å². The molecule has 1 unspecified atom stereocenters. The number of nitrogens with zero attached hydrogens (tertiary/aromatic N) is 2. The number of hydrogen-bond donors (Lipinski definition) is 1. The quantitative estimate of drug-likeness (QED) is 0.890. The van der Waals surface area contributed by atoms with Crippen LogP contribution in [0, 0.1) is 0 Å². The maximum absolute atomic E-state index is 11.0. The van der Waals surface area contributed by atoms with Crippen molar-refractivity contribution in [2.45, 2.75) is 46.3 Å². The van der Waals surface area contributed by atoms with Crippen LogP contribution in [0.2, 0.25) is 0 Å². The van der Waals surface area contributed by atoms with Crippen molar-refractivity contribution in [3.05, 3.63) is 42.0 Å². The third kappa shape index (κ3) is 5.36. The lowest BCUT2D eigenvalue weighted by atomic mass is 10.0. The molecule has 2 aromatic rings. The van der Waals surface area contributed by atoms with Gasteiger partial charge in [-0.2, -0.15) is 0 Å². The van der Waals surface area contributed by atoms with Gasteiger partial charge in [0, 0.05) is 24.6 Å². The van der Waals surface area contributed by atoms with Crippen LogP contribution in [-0.2, 0) is 11.2 Å². The average molecular weight is 313 g/mol. The van der Waals surface area contributed by atoms with Gasteiger partial charge in [-0.05, 0) is 38.8 Å². The fourth-order valence-electron chi connectivity index (χ4n) is 2.34. The van der Waals surface area contributed by atoms with Crippen molar-refractivity contribution >= 4 is 5.91 Å². The molecule has 0 aliphatic heterocycles. The van der Waals surface area contributed by atoms with Crippen molar-refractivity contribution in [3.8, 4) is 17.1 Å².